The molecule has 2 N–H and O–H groups in total. The molecule has 0 aromatic heterocycles. The van der Waals surface area contributed by atoms with Gasteiger partial charge in [0, 0.05) is 6.54 Å². The van der Waals surface area contributed by atoms with E-state index in [2.05, 4.69) is 13.8 Å². The Morgan fingerprint density at radius 2 is 2.10 bits per heavy atom. The molecule has 3 nitrogen and oxygen atoms in total. The fourth-order valence-corrected chi connectivity index (χ4v) is 0.820. The van der Waals surface area contributed by atoms with E-state index in [1.807, 2.05) is 0 Å². The minimum absolute atomic E-state index is 0.114. The quantitative estimate of drug-likeness (QED) is 0.459. The number of ketones is 1. The lowest BCUT2D eigenvalue weighted by Crippen LogP contribution is -2.37. The molecule has 0 aromatic rings. The van der Waals surface area contributed by atoms with E-state index in [1.165, 1.54) is 0 Å². The topological polar surface area (TPSA) is 46.3 Å². The predicted octanol–water partition coefficient (Wildman–Crippen LogP) is 0.407. The van der Waals surface area contributed by atoms with E-state index >= 15 is 0 Å². The van der Waals surface area contributed by atoms with Crippen molar-refractivity contribution < 1.29 is 4.79 Å². The van der Waals surface area contributed by atoms with Crippen molar-refractivity contribution in [3.8, 4) is 0 Å². The molecule has 0 aromatic carbocycles. The zero-order valence-electron chi connectivity index (χ0n) is 6.92. The number of rotatable bonds is 4. The SMILES string of the molecule is CC(=O)CN(N)CC(C)C. The Bertz CT molecular complexity index is 112. The number of hydrazine groups is 1. The van der Waals surface area contributed by atoms with Crippen molar-refractivity contribution in [3.63, 3.8) is 0 Å². The Morgan fingerprint density at radius 3 is 2.40 bits per heavy atom. The summed E-state index contributed by atoms with van der Waals surface area (Å²) in [5.74, 6) is 6.12. The van der Waals surface area contributed by atoms with Crippen LogP contribution in [0.3, 0.4) is 0 Å². The number of carbonyl (C=O) groups is 1. The fourth-order valence-electron chi connectivity index (χ4n) is 0.820. The molecule has 0 saturated carbocycles. The van der Waals surface area contributed by atoms with Gasteiger partial charge in [0.05, 0.1) is 6.54 Å². The van der Waals surface area contributed by atoms with Gasteiger partial charge >= 0.3 is 0 Å². The second-order valence-electron chi connectivity index (χ2n) is 3.03. The maximum atomic E-state index is 10.5. The van der Waals surface area contributed by atoms with Crippen LogP contribution in [0, 0.1) is 5.92 Å². The Kier molecular flexibility index (Phi) is 4.23. The van der Waals surface area contributed by atoms with Gasteiger partial charge in [0.15, 0.2) is 0 Å². The number of nitrogens with zero attached hydrogens (tertiary/aromatic N) is 1. The highest BCUT2D eigenvalue weighted by molar-refractivity contribution is 5.77. The molecule has 0 saturated heterocycles. The Morgan fingerprint density at radius 1 is 1.60 bits per heavy atom. The number of carbonyl (C=O) groups excluding carboxylic acids is 1. The van der Waals surface area contributed by atoms with Gasteiger partial charge in [-0.05, 0) is 12.8 Å². The summed E-state index contributed by atoms with van der Waals surface area (Å²) in [6.07, 6.45) is 0. The van der Waals surface area contributed by atoms with Gasteiger partial charge in [0.2, 0.25) is 0 Å². The van der Waals surface area contributed by atoms with Crippen LogP contribution in [-0.2, 0) is 4.79 Å². The first kappa shape index (κ1) is 9.59. The lowest BCUT2D eigenvalue weighted by atomic mass is 10.2. The highest BCUT2D eigenvalue weighted by Crippen LogP contribution is 1.92. The molecule has 0 aliphatic carbocycles. The van der Waals surface area contributed by atoms with Crippen molar-refractivity contribution in [3.05, 3.63) is 0 Å². The minimum Gasteiger partial charge on any atom is -0.299 e. The van der Waals surface area contributed by atoms with Crippen molar-refractivity contribution in [2.75, 3.05) is 13.1 Å². The lowest BCUT2D eigenvalue weighted by Gasteiger charge is -2.16. The van der Waals surface area contributed by atoms with Crippen LogP contribution >= 0.6 is 0 Å². The predicted molar refractivity (Wildman–Crippen MR) is 41.3 cm³/mol. The average Bonchev–Trinajstić information content (AvgIpc) is 1.58. The normalized spacial score (nSPS) is 11.0. The largest absolute Gasteiger partial charge is 0.299 e. The zero-order chi connectivity index (χ0) is 8.15. The standard InChI is InChI=1S/C7H16N2O/c1-6(2)4-9(8)5-7(3)10/h6H,4-5,8H2,1-3H3. The summed E-state index contributed by atoms with van der Waals surface area (Å²) < 4.78 is 0. The number of nitrogens with two attached hydrogens (primary N) is 1. The van der Waals surface area contributed by atoms with Gasteiger partial charge in [0.25, 0.3) is 0 Å². The zero-order valence-corrected chi connectivity index (χ0v) is 6.92. The summed E-state index contributed by atoms with van der Waals surface area (Å²) in [7, 11) is 0. The number of hydrogen-bond donors (Lipinski definition) is 1. The summed E-state index contributed by atoms with van der Waals surface area (Å²) in [6.45, 7) is 6.82. The van der Waals surface area contributed by atoms with E-state index in [4.69, 9.17) is 5.84 Å². The monoisotopic (exact) mass is 144 g/mol. The highest BCUT2D eigenvalue weighted by atomic mass is 16.1. The molecule has 0 amide bonds. The fraction of sp³-hybridized carbons (Fsp3) is 0.857. The first-order chi connectivity index (χ1) is 4.52. The molecule has 0 bridgehead atoms. The smallest absolute Gasteiger partial charge is 0.145 e. The van der Waals surface area contributed by atoms with E-state index in [0.29, 0.717) is 12.5 Å². The van der Waals surface area contributed by atoms with Crippen LogP contribution in [0.15, 0.2) is 0 Å². The molecule has 0 rings (SSSR count). The molecule has 3 heteroatoms. The Hall–Kier alpha value is -0.410. The molecule has 0 atom stereocenters. The third kappa shape index (κ3) is 5.72. The van der Waals surface area contributed by atoms with E-state index in [9.17, 15) is 4.79 Å². The molecular weight excluding hydrogens is 128 g/mol. The van der Waals surface area contributed by atoms with Crippen molar-refractivity contribution >= 4 is 5.78 Å². The summed E-state index contributed by atoms with van der Waals surface area (Å²) in [6, 6.07) is 0. The van der Waals surface area contributed by atoms with Gasteiger partial charge in [-0.1, -0.05) is 13.8 Å². The summed E-state index contributed by atoms with van der Waals surface area (Å²) in [4.78, 5) is 10.5. The van der Waals surface area contributed by atoms with Gasteiger partial charge in [-0.15, -0.1) is 0 Å². The maximum Gasteiger partial charge on any atom is 0.145 e. The van der Waals surface area contributed by atoms with Crippen molar-refractivity contribution in [2.45, 2.75) is 20.8 Å². The van der Waals surface area contributed by atoms with Crippen LogP contribution in [0.4, 0.5) is 0 Å². The molecule has 0 radical (unpaired) electrons. The number of hydrogen-bond acceptors (Lipinski definition) is 3. The summed E-state index contributed by atoms with van der Waals surface area (Å²) in [5, 5.41) is 1.55. The summed E-state index contributed by atoms with van der Waals surface area (Å²) in [5.41, 5.74) is 0. The third-order valence-electron chi connectivity index (χ3n) is 1.03. The van der Waals surface area contributed by atoms with Gasteiger partial charge in [-0.2, -0.15) is 0 Å². The van der Waals surface area contributed by atoms with Crippen LogP contribution in [0.25, 0.3) is 0 Å². The van der Waals surface area contributed by atoms with Crippen molar-refractivity contribution in [1.29, 1.82) is 0 Å². The first-order valence-corrected chi connectivity index (χ1v) is 3.51. The van der Waals surface area contributed by atoms with Crippen molar-refractivity contribution in [2.24, 2.45) is 11.8 Å². The van der Waals surface area contributed by atoms with Gasteiger partial charge in [-0.25, -0.2) is 5.01 Å². The lowest BCUT2D eigenvalue weighted by molar-refractivity contribution is -0.118. The maximum absolute atomic E-state index is 10.5. The van der Waals surface area contributed by atoms with Crippen LogP contribution in [-0.4, -0.2) is 23.9 Å². The number of Topliss-reactive ketones (excluding diaryl/α,β-unsaturated/α-hetero) is 1. The Labute approximate surface area is 62.2 Å². The molecule has 0 aliphatic heterocycles. The van der Waals surface area contributed by atoms with Crippen LogP contribution < -0.4 is 5.84 Å². The van der Waals surface area contributed by atoms with E-state index < -0.39 is 0 Å². The van der Waals surface area contributed by atoms with Crippen LogP contribution in [0.2, 0.25) is 0 Å². The average molecular weight is 144 g/mol. The molecule has 0 unspecified atom stereocenters. The minimum atomic E-state index is 0.114. The van der Waals surface area contributed by atoms with Crippen molar-refractivity contribution in [1.82, 2.24) is 5.01 Å². The molecule has 0 heterocycles. The third-order valence-corrected chi connectivity index (χ3v) is 1.03. The van der Waals surface area contributed by atoms with Crippen LogP contribution in [0.1, 0.15) is 20.8 Å². The van der Waals surface area contributed by atoms with Crippen LogP contribution in [0.5, 0.6) is 0 Å². The van der Waals surface area contributed by atoms with Gasteiger partial charge in [-0.3, -0.25) is 10.6 Å². The Balaban J connectivity index is 3.43. The summed E-state index contributed by atoms with van der Waals surface area (Å²) >= 11 is 0. The molecule has 10 heavy (non-hydrogen) atoms. The van der Waals surface area contributed by atoms with Gasteiger partial charge < -0.3 is 0 Å². The highest BCUT2D eigenvalue weighted by Gasteiger charge is 2.03. The van der Waals surface area contributed by atoms with E-state index in [1.54, 1.807) is 11.9 Å². The molecular formula is C7H16N2O. The van der Waals surface area contributed by atoms with E-state index in [-0.39, 0.29) is 5.78 Å². The van der Waals surface area contributed by atoms with E-state index in [0.717, 1.165) is 6.54 Å². The second kappa shape index (κ2) is 4.41. The second-order valence-corrected chi connectivity index (χ2v) is 3.03. The molecule has 0 aliphatic rings. The molecule has 60 valence electrons. The molecule has 0 fully saturated rings. The van der Waals surface area contributed by atoms with Gasteiger partial charge in [0.1, 0.15) is 5.78 Å². The first-order valence-electron chi connectivity index (χ1n) is 3.51. The molecule has 0 spiro atoms.